The van der Waals surface area contributed by atoms with Crippen molar-refractivity contribution in [1.82, 2.24) is 20.1 Å². The summed E-state index contributed by atoms with van der Waals surface area (Å²) in [5.74, 6) is -0.888. The number of urea groups is 1. The molecule has 1 aromatic carbocycles. The van der Waals surface area contributed by atoms with Crippen LogP contribution in [-0.2, 0) is 18.3 Å². The van der Waals surface area contributed by atoms with Gasteiger partial charge >= 0.3 is 12.0 Å². The molecule has 0 spiro atoms. The fourth-order valence-electron chi connectivity index (χ4n) is 2.92. The Morgan fingerprint density at radius 3 is 2.74 bits per heavy atom. The lowest BCUT2D eigenvalue weighted by Gasteiger charge is -2.19. The van der Waals surface area contributed by atoms with Gasteiger partial charge < -0.3 is 15.7 Å². The first-order chi connectivity index (χ1) is 13.0. The van der Waals surface area contributed by atoms with Gasteiger partial charge in [-0.3, -0.25) is 9.48 Å². The molecule has 8 heteroatoms. The topological polar surface area (TPSA) is 109 Å². The Morgan fingerprint density at radius 1 is 1.22 bits per heavy atom. The molecule has 140 valence electrons. The van der Waals surface area contributed by atoms with E-state index >= 15 is 0 Å². The summed E-state index contributed by atoms with van der Waals surface area (Å²) in [7, 11) is 1.78. The van der Waals surface area contributed by atoms with Crippen LogP contribution in [0, 0.1) is 0 Å². The van der Waals surface area contributed by atoms with E-state index in [0.717, 1.165) is 10.9 Å². The van der Waals surface area contributed by atoms with Crippen molar-refractivity contribution in [1.29, 1.82) is 0 Å². The van der Waals surface area contributed by atoms with Crippen molar-refractivity contribution in [2.45, 2.75) is 25.3 Å². The largest absolute Gasteiger partial charge is 0.481 e. The van der Waals surface area contributed by atoms with E-state index in [0.29, 0.717) is 24.2 Å². The zero-order valence-corrected chi connectivity index (χ0v) is 14.9. The van der Waals surface area contributed by atoms with Gasteiger partial charge in [0, 0.05) is 25.7 Å². The molecular weight excluding hydrogens is 346 g/mol. The number of aromatic nitrogens is 3. The van der Waals surface area contributed by atoms with Crippen LogP contribution < -0.4 is 10.6 Å². The molecule has 3 rings (SSSR count). The molecule has 27 heavy (non-hydrogen) atoms. The van der Waals surface area contributed by atoms with Crippen molar-refractivity contribution in [3.63, 3.8) is 0 Å². The number of hydrogen-bond donors (Lipinski definition) is 3. The molecule has 3 N–H and O–H groups in total. The van der Waals surface area contributed by atoms with E-state index in [1.807, 2.05) is 30.3 Å². The van der Waals surface area contributed by atoms with E-state index in [-0.39, 0.29) is 12.5 Å². The fourth-order valence-corrected chi connectivity index (χ4v) is 2.92. The Bertz CT molecular complexity index is 939. The van der Waals surface area contributed by atoms with Crippen LogP contribution in [0.15, 0.2) is 48.8 Å². The van der Waals surface area contributed by atoms with Gasteiger partial charge in [-0.05, 0) is 24.5 Å². The summed E-state index contributed by atoms with van der Waals surface area (Å²) in [5.41, 5.74) is 2.30. The summed E-state index contributed by atoms with van der Waals surface area (Å²) >= 11 is 0. The molecule has 8 nitrogen and oxygen atoms in total. The number of carbonyl (C=O) groups is 2. The number of rotatable bonds is 7. The average molecular weight is 367 g/mol. The summed E-state index contributed by atoms with van der Waals surface area (Å²) < 4.78 is 1.63. The zero-order valence-electron chi connectivity index (χ0n) is 14.9. The quantitative estimate of drug-likeness (QED) is 0.595. The number of amides is 2. The molecule has 0 aliphatic rings. The smallest absolute Gasteiger partial charge is 0.319 e. The Kier molecular flexibility index (Phi) is 5.65. The minimum Gasteiger partial charge on any atom is -0.481 e. The highest BCUT2D eigenvalue weighted by molar-refractivity contribution is 5.99. The molecule has 0 aliphatic carbocycles. The number of anilines is 1. The standard InChI is InChI=1S/C19H21N5O3/c1-24-18-15(12-21-24)16(9-10-20-18)23-19(27)22-14(7-8-17(25)26)11-13-5-3-2-4-6-13/h2-6,9-10,12,14H,7-8,11H2,1H3,(H,25,26)(H2,20,22,23,27). The van der Waals surface area contributed by atoms with Crippen molar-refractivity contribution < 1.29 is 14.7 Å². The summed E-state index contributed by atoms with van der Waals surface area (Å²) in [5, 5.41) is 19.5. The van der Waals surface area contributed by atoms with E-state index in [2.05, 4.69) is 20.7 Å². The average Bonchev–Trinajstić information content (AvgIpc) is 3.03. The zero-order chi connectivity index (χ0) is 19.2. The highest BCUT2D eigenvalue weighted by Crippen LogP contribution is 2.20. The van der Waals surface area contributed by atoms with Crippen LogP contribution in [0.2, 0.25) is 0 Å². The van der Waals surface area contributed by atoms with Gasteiger partial charge in [0.15, 0.2) is 5.65 Å². The van der Waals surface area contributed by atoms with Gasteiger partial charge in [0.1, 0.15) is 0 Å². The maximum Gasteiger partial charge on any atom is 0.319 e. The lowest BCUT2D eigenvalue weighted by molar-refractivity contribution is -0.137. The summed E-state index contributed by atoms with van der Waals surface area (Å²) in [6.45, 7) is 0. The van der Waals surface area contributed by atoms with Crippen LogP contribution in [0.5, 0.6) is 0 Å². The van der Waals surface area contributed by atoms with E-state index < -0.39 is 12.0 Å². The SMILES string of the molecule is Cn1ncc2c(NC(=O)NC(CCC(=O)O)Cc3ccccc3)ccnc21. The Hall–Kier alpha value is -3.42. The number of carboxylic acids is 1. The number of benzene rings is 1. The van der Waals surface area contributed by atoms with E-state index in [4.69, 9.17) is 5.11 Å². The molecule has 2 amide bonds. The van der Waals surface area contributed by atoms with Crippen molar-refractivity contribution in [2.24, 2.45) is 7.05 Å². The monoisotopic (exact) mass is 367 g/mol. The Balaban J connectivity index is 1.70. The number of aryl methyl sites for hydroxylation is 1. The summed E-state index contributed by atoms with van der Waals surface area (Å²) in [6.07, 6.45) is 4.13. The molecule has 2 heterocycles. The van der Waals surface area contributed by atoms with Crippen LogP contribution in [0.3, 0.4) is 0 Å². The van der Waals surface area contributed by atoms with Crippen LogP contribution in [0.4, 0.5) is 10.5 Å². The van der Waals surface area contributed by atoms with Crippen molar-refractivity contribution in [3.05, 3.63) is 54.4 Å². The molecule has 0 radical (unpaired) electrons. The maximum absolute atomic E-state index is 12.5. The number of carbonyl (C=O) groups excluding carboxylic acids is 1. The summed E-state index contributed by atoms with van der Waals surface area (Å²) in [6, 6.07) is 10.7. The molecule has 2 aromatic heterocycles. The highest BCUT2D eigenvalue weighted by Gasteiger charge is 2.16. The van der Waals surface area contributed by atoms with Gasteiger partial charge in [-0.2, -0.15) is 5.10 Å². The Labute approximate surface area is 156 Å². The second-order valence-corrected chi connectivity index (χ2v) is 6.28. The lowest BCUT2D eigenvalue weighted by atomic mass is 10.0. The minimum atomic E-state index is -0.888. The molecule has 1 unspecified atom stereocenters. The van der Waals surface area contributed by atoms with Gasteiger partial charge in [-0.1, -0.05) is 30.3 Å². The normalized spacial score (nSPS) is 11.9. The third-order valence-electron chi connectivity index (χ3n) is 4.25. The van der Waals surface area contributed by atoms with Crippen LogP contribution in [-0.4, -0.2) is 37.9 Å². The molecule has 0 saturated carbocycles. The number of nitrogens with zero attached hydrogens (tertiary/aromatic N) is 3. The number of hydrogen-bond acceptors (Lipinski definition) is 4. The van der Waals surface area contributed by atoms with Gasteiger partial charge in [-0.25, -0.2) is 9.78 Å². The number of aliphatic carboxylic acids is 1. The summed E-state index contributed by atoms with van der Waals surface area (Å²) in [4.78, 5) is 27.7. The van der Waals surface area contributed by atoms with Crippen molar-refractivity contribution in [2.75, 3.05) is 5.32 Å². The van der Waals surface area contributed by atoms with E-state index in [1.54, 1.807) is 30.2 Å². The van der Waals surface area contributed by atoms with Gasteiger partial charge in [-0.15, -0.1) is 0 Å². The van der Waals surface area contributed by atoms with Crippen molar-refractivity contribution in [3.8, 4) is 0 Å². The molecular formula is C19H21N5O3. The highest BCUT2D eigenvalue weighted by atomic mass is 16.4. The molecule has 0 fully saturated rings. The maximum atomic E-state index is 12.5. The second-order valence-electron chi connectivity index (χ2n) is 6.28. The first-order valence-electron chi connectivity index (χ1n) is 8.63. The first-order valence-corrected chi connectivity index (χ1v) is 8.63. The van der Waals surface area contributed by atoms with Gasteiger partial charge in [0.05, 0.1) is 17.3 Å². The van der Waals surface area contributed by atoms with Crippen LogP contribution >= 0.6 is 0 Å². The third-order valence-corrected chi connectivity index (χ3v) is 4.25. The molecule has 0 saturated heterocycles. The second kappa shape index (κ2) is 8.31. The predicted octanol–water partition coefficient (Wildman–Crippen LogP) is 2.57. The third kappa shape index (κ3) is 4.81. The van der Waals surface area contributed by atoms with E-state index in [1.165, 1.54) is 0 Å². The van der Waals surface area contributed by atoms with Crippen molar-refractivity contribution >= 4 is 28.7 Å². The van der Waals surface area contributed by atoms with E-state index in [9.17, 15) is 9.59 Å². The number of pyridine rings is 1. The molecule has 0 bridgehead atoms. The number of nitrogens with one attached hydrogen (secondary N) is 2. The number of carboxylic acid groups (broad SMARTS) is 1. The molecule has 0 aliphatic heterocycles. The number of fused-ring (bicyclic) bond motifs is 1. The van der Waals surface area contributed by atoms with Crippen LogP contribution in [0.1, 0.15) is 18.4 Å². The molecule has 3 aromatic rings. The lowest BCUT2D eigenvalue weighted by Crippen LogP contribution is -2.39. The first kappa shape index (κ1) is 18.4. The van der Waals surface area contributed by atoms with Gasteiger partial charge in [0.25, 0.3) is 0 Å². The Morgan fingerprint density at radius 2 is 2.00 bits per heavy atom. The predicted molar refractivity (Wildman–Crippen MR) is 101 cm³/mol. The van der Waals surface area contributed by atoms with Crippen LogP contribution in [0.25, 0.3) is 11.0 Å². The van der Waals surface area contributed by atoms with Gasteiger partial charge in [0.2, 0.25) is 0 Å². The molecule has 1 atom stereocenters. The minimum absolute atomic E-state index is 0.0140. The fraction of sp³-hybridized carbons (Fsp3) is 0.263.